The summed E-state index contributed by atoms with van der Waals surface area (Å²) in [5.74, 6) is 0.861. The van der Waals surface area contributed by atoms with Gasteiger partial charge in [0, 0.05) is 18.1 Å². The van der Waals surface area contributed by atoms with Crippen molar-refractivity contribution in [3.05, 3.63) is 64.3 Å². The molecule has 0 saturated heterocycles. The first-order chi connectivity index (χ1) is 14.6. The van der Waals surface area contributed by atoms with Crippen LogP contribution in [0.25, 0.3) is 11.3 Å². The van der Waals surface area contributed by atoms with E-state index in [9.17, 15) is 8.78 Å². The molecule has 2 aromatic carbocycles. The molecule has 1 heterocycles. The van der Waals surface area contributed by atoms with Gasteiger partial charge in [-0.3, -0.25) is 4.99 Å². The molecule has 158 valence electrons. The van der Waals surface area contributed by atoms with Crippen molar-refractivity contribution >= 4 is 17.6 Å². The summed E-state index contributed by atoms with van der Waals surface area (Å²) >= 11 is 1.43. The van der Waals surface area contributed by atoms with Crippen LogP contribution < -0.4 is 14.3 Å². The van der Waals surface area contributed by atoms with Crippen LogP contribution in [0.2, 0.25) is 0 Å². The molecule has 1 aromatic heterocycles. The van der Waals surface area contributed by atoms with Gasteiger partial charge in [-0.15, -0.1) is 11.3 Å². The first-order valence-corrected chi connectivity index (χ1v) is 9.92. The minimum atomic E-state index is -2.86. The van der Waals surface area contributed by atoms with Gasteiger partial charge in [-0.1, -0.05) is 0 Å². The predicted molar refractivity (Wildman–Crippen MR) is 113 cm³/mol. The molecule has 0 fully saturated rings. The summed E-state index contributed by atoms with van der Waals surface area (Å²) in [6.45, 7) is -1.87. The third kappa shape index (κ3) is 5.74. The van der Waals surface area contributed by atoms with Crippen LogP contribution in [0.15, 0.2) is 64.0 Å². The lowest BCUT2D eigenvalue weighted by molar-refractivity contribution is -0.0498. The molecule has 0 atom stereocenters. The van der Waals surface area contributed by atoms with Gasteiger partial charge >= 0.3 is 6.61 Å². The molecule has 0 amide bonds. The Balaban J connectivity index is 1.94. The van der Waals surface area contributed by atoms with E-state index in [1.54, 1.807) is 37.2 Å². The van der Waals surface area contributed by atoms with Crippen molar-refractivity contribution in [1.29, 1.82) is 0 Å². The van der Waals surface area contributed by atoms with E-state index in [1.807, 2.05) is 29.6 Å². The molecule has 0 spiro atoms. The summed E-state index contributed by atoms with van der Waals surface area (Å²) in [4.78, 5) is 5.23. The Hall–Kier alpha value is -3.04. The van der Waals surface area contributed by atoms with Crippen molar-refractivity contribution < 1.29 is 23.0 Å². The zero-order chi connectivity index (χ0) is 21.3. The van der Waals surface area contributed by atoms with Crippen molar-refractivity contribution in [3.63, 3.8) is 0 Å². The fraction of sp³-hybridized carbons (Fsp3) is 0.238. The highest BCUT2D eigenvalue weighted by Crippen LogP contribution is 2.24. The van der Waals surface area contributed by atoms with Crippen LogP contribution in [0.5, 0.6) is 11.5 Å². The van der Waals surface area contributed by atoms with Crippen LogP contribution in [0, 0.1) is 0 Å². The number of hydrogen-bond acceptors (Lipinski definition) is 6. The highest BCUT2D eigenvalue weighted by molar-refractivity contribution is 7.07. The van der Waals surface area contributed by atoms with Gasteiger partial charge in [-0.2, -0.15) is 13.9 Å². The molecular weight excluding hydrogens is 412 g/mol. The van der Waals surface area contributed by atoms with E-state index in [1.165, 1.54) is 23.5 Å². The lowest BCUT2D eigenvalue weighted by Crippen LogP contribution is -2.13. The van der Waals surface area contributed by atoms with Crippen molar-refractivity contribution in [1.82, 2.24) is 4.68 Å². The molecule has 3 aromatic rings. The van der Waals surface area contributed by atoms with Crippen LogP contribution in [-0.2, 0) is 4.74 Å². The zero-order valence-electron chi connectivity index (χ0n) is 16.5. The number of alkyl halides is 2. The van der Waals surface area contributed by atoms with Crippen molar-refractivity contribution in [3.8, 4) is 22.8 Å². The monoisotopic (exact) mass is 433 g/mol. The van der Waals surface area contributed by atoms with Crippen LogP contribution in [0.1, 0.15) is 5.56 Å². The zero-order valence-corrected chi connectivity index (χ0v) is 17.3. The number of thiazole rings is 1. The molecule has 0 radical (unpaired) electrons. The van der Waals surface area contributed by atoms with Gasteiger partial charge in [-0.25, -0.2) is 4.68 Å². The Bertz CT molecular complexity index is 1030. The molecule has 0 saturated carbocycles. The molecule has 0 aliphatic rings. The van der Waals surface area contributed by atoms with Gasteiger partial charge in [-0.05, 0) is 54.1 Å². The van der Waals surface area contributed by atoms with Crippen molar-refractivity contribution in [2.45, 2.75) is 6.61 Å². The molecule has 0 aliphatic heterocycles. The van der Waals surface area contributed by atoms with Crippen molar-refractivity contribution in [2.24, 2.45) is 10.1 Å². The second-order valence-corrected chi connectivity index (χ2v) is 6.85. The smallest absolute Gasteiger partial charge is 0.387 e. The number of hydrogen-bond donors (Lipinski definition) is 0. The third-order valence-corrected chi connectivity index (χ3v) is 4.90. The van der Waals surface area contributed by atoms with Crippen LogP contribution in [-0.4, -0.2) is 44.9 Å². The SMILES string of the molecule is COCCN=c1scc(-c2ccc(OC(F)F)cc2)n1/N=C/c1ccc(OC)cc1. The second kappa shape index (κ2) is 10.7. The Morgan fingerprint density at radius 3 is 2.37 bits per heavy atom. The number of halogens is 2. The highest BCUT2D eigenvalue weighted by atomic mass is 32.1. The number of methoxy groups -OCH3 is 2. The van der Waals surface area contributed by atoms with Gasteiger partial charge in [0.1, 0.15) is 11.5 Å². The largest absolute Gasteiger partial charge is 0.497 e. The maximum absolute atomic E-state index is 12.4. The summed E-state index contributed by atoms with van der Waals surface area (Å²) in [6.07, 6.45) is 1.72. The first-order valence-electron chi connectivity index (χ1n) is 9.04. The third-order valence-electron chi connectivity index (χ3n) is 4.04. The molecule has 6 nitrogen and oxygen atoms in total. The van der Waals surface area contributed by atoms with Crippen LogP contribution in [0.4, 0.5) is 8.78 Å². The molecule has 0 aliphatic carbocycles. The molecule has 3 rings (SSSR count). The summed E-state index contributed by atoms with van der Waals surface area (Å²) in [6, 6.07) is 13.9. The van der Waals surface area contributed by atoms with E-state index in [4.69, 9.17) is 9.47 Å². The number of aromatic nitrogens is 1. The molecular formula is C21H21F2N3O3S. The van der Waals surface area contributed by atoms with Crippen LogP contribution >= 0.6 is 11.3 Å². The average molecular weight is 433 g/mol. The lowest BCUT2D eigenvalue weighted by atomic mass is 10.2. The summed E-state index contributed by atoms with van der Waals surface area (Å²) < 4.78 is 41.2. The van der Waals surface area contributed by atoms with E-state index in [0.29, 0.717) is 18.0 Å². The number of ether oxygens (including phenoxy) is 3. The van der Waals surface area contributed by atoms with Gasteiger partial charge in [0.25, 0.3) is 0 Å². The maximum atomic E-state index is 12.4. The highest BCUT2D eigenvalue weighted by Gasteiger charge is 2.09. The van der Waals surface area contributed by atoms with E-state index >= 15 is 0 Å². The van der Waals surface area contributed by atoms with Crippen LogP contribution in [0.3, 0.4) is 0 Å². The topological polar surface area (TPSA) is 57.3 Å². The van der Waals surface area contributed by atoms with Gasteiger partial charge < -0.3 is 14.2 Å². The molecule has 0 unspecified atom stereocenters. The Labute approximate surface area is 176 Å². The summed E-state index contributed by atoms with van der Waals surface area (Å²) in [5, 5.41) is 6.51. The maximum Gasteiger partial charge on any atom is 0.387 e. The minimum absolute atomic E-state index is 0.0993. The second-order valence-electron chi connectivity index (χ2n) is 6.01. The Morgan fingerprint density at radius 2 is 1.73 bits per heavy atom. The summed E-state index contributed by atoms with van der Waals surface area (Å²) in [5.41, 5.74) is 2.47. The summed E-state index contributed by atoms with van der Waals surface area (Å²) in [7, 11) is 3.23. The standard InChI is InChI=1S/C21H21F2N3O3S/c1-27-12-11-24-21-26(25-13-15-3-7-17(28-2)8-4-15)19(14-30-21)16-5-9-18(10-6-16)29-20(22)23/h3-10,13-14,20H,11-12H2,1-2H3/b24-21?,25-13+. The normalized spacial score (nSPS) is 12.1. The van der Waals surface area contributed by atoms with Crippen molar-refractivity contribution in [2.75, 3.05) is 27.4 Å². The van der Waals surface area contributed by atoms with E-state index < -0.39 is 6.61 Å². The number of nitrogens with zero attached hydrogens (tertiary/aromatic N) is 3. The molecule has 30 heavy (non-hydrogen) atoms. The average Bonchev–Trinajstić information content (AvgIpc) is 3.15. The Morgan fingerprint density at radius 1 is 1.03 bits per heavy atom. The Kier molecular flexibility index (Phi) is 7.69. The number of benzene rings is 2. The minimum Gasteiger partial charge on any atom is -0.497 e. The van der Waals surface area contributed by atoms with E-state index in [-0.39, 0.29) is 5.75 Å². The number of rotatable bonds is 9. The lowest BCUT2D eigenvalue weighted by Gasteiger charge is -2.07. The quantitative estimate of drug-likeness (QED) is 0.374. The fourth-order valence-electron chi connectivity index (χ4n) is 2.57. The van der Waals surface area contributed by atoms with Gasteiger partial charge in [0.2, 0.25) is 4.80 Å². The molecule has 9 heteroatoms. The fourth-order valence-corrected chi connectivity index (χ4v) is 3.44. The van der Waals surface area contributed by atoms with Gasteiger partial charge in [0.05, 0.1) is 32.2 Å². The molecule has 0 bridgehead atoms. The van der Waals surface area contributed by atoms with E-state index in [0.717, 1.165) is 22.6 Å². The predicted octanol–water partition coefficient (Wildman–Crippen LogP) is 4.26. The molecule has 0 N–H and O–H groups in total. The van der Waals surface area contributed by atoms with Gasteiger partial charge in [0.15, 0.2) is 0 Å². The van der Waals surface area contributed by atoms with E-state index in [2.05, 4.69) is 14.8 Å². The first kappa shape index (κ1) is 21.7.